The molecule has 5 nitrogen and oxygen atoms in total. The van der Waals surface area contributed by atoms with Gasteiger partial charge in [-0.05, 0) is 53.4 Å². The zero-order valence-electron chi connectivity index (χ0n) is 13.8. The van der Waals surface area contributed by atoms with E-state index in [1.54, 1.807) is 18.3 Å². The van der Waals surface area contributed by atoms with Crippen LogP contribution in [-0.2, 0) is 0 Å². The third-order valence-corrected chi connectivity index (χ3v) is 4.16. The van der Waals surface area contributed by atoms with Crippen molar-refractivity contribution in [1.82, 2.24) is 15.5 Å². The fourth-order valence-corrected chi connectivity index (χ4v) is 3.44. The van der Waals surface area contributed by atoms with Gasteiger partial charge < -0.3 is 20.6 Å². The first kappa shape index (κ1) is 17.9. The first-order valence-corrected chi connectivity index (χ1v) is 7.91. The molecule has 0 aliphatic carbocycles. The Labute approximate surface area is 131 Å². The van der Waals surface area contributed by atoms with E-state index >= 15 is 0 Å². The molecule has 21 heavy (non-hydrogen) atoms. The largest absolute Gasteiger partial charge is 0.387 e. The fraction of sp³-hybridized carbons (Fsp3) is 0.667. The number of aliphatic hydroxyl groups is 1. The molecule has 1 rings (SSSR count). The molecule has 0 aliphatic rings. The maximum Gasteiger partial charge on any atom is 0.315 e. The van der Waals surface area contributed by atoms with Crippen LogP contribution in [0.3, 0.4) is 0 Å². The highest BCUT2D eigenvalue weighted by Gasteiger charge is 2.22. The SMILES string of the molecule is Cc1cc(C(C)NC(=O)NCC(C)(O)CN(C)C)c(C)s1. The average molecular weight is 313 g/mol. The van der Waals surface area contributed by atoms with Gasteiger partial charge in [0.1, 0.15) is 0 Å². The second-order valence-electron chi connectivity index (χ2n) is 6.15. The molecule has 120 valence electrons. The number of thiophene rings is 1. The minimum absolute atomic E-state index is 0.0475. The molecule has 2 atom stereocenters. The van der Waals surface area contributed by atoms with E-state index in [9.17, 15) is 9.90 Å². The zero-order valence-corrected chi connectivity index (χ0v) is 14.6. The van der Waals surface area contributed by atoms with Crippen molar-refractivity contribution >= 4 is 17.4 Å². The maximum atomic E-state index is 11.9. The fourth-order valence-electron chi connectivity index (χ4n) is 2.41. The topological polar surface area (TPSA) is 64.6 Å². The number of carbonyl (C=O) groups excluding carboxylic acids is 1. The van der Waals surface area contributed by atoms with Crippen LogP contribution < -0.4 is 10.6 Å². The van der Waals surface area contributed by atoms with Crippen molar-refractivity contribution in [3.05, 3.63) is 21.4 Å². The molecule has 3 N–H and O–H groups in total. The van der Waals surface area contributed by atoms with E-state index in [0.29, 0.717) is 6.54 Å². The van der Waals surface area contributed by atoms with Crippen LogP contribution in [0.1, 0.15) is 35.2 Å². The molecule has 0 spiro atoms. The molecule has 0 fully saturated rings. The Hall–Kier alpha value is -1.11. The van der Waals surface area contributed by atoms with Crippen LogP contribution in [-0.4, -0.2) is 48.8 Å². The monoisotopic (exact) mass is 313 g/mol. The normalized spacial score (nSPS) is 15.6. The number of hydrogen-bond acceptors (Lipinski definition) is 4. The van der Waals surface area contributed by atoms with Gasteiger partial charge in [0, 0.05) is 22.8 Å². The Balaban J connectivity index is 2.49. The molecule has 2 unspecified atom stereocenters. The molecular weight excluding hydrogens is 286 g/mol. The molecule has 0 bridgehead atoms. The molecule has 1 aromatic heterocycles. The Morgan fingerprint density at radius 3 is 2.57 bits per heavy atom. The highest BCUT2D eigenvalue weighted by molar-refractivity contribution is 7.12. The summed E-state index contributed by atoms with van der Waals surface area (Å²) in [5, 5.41) is 15.8. The number of hydrogen-bond donors (Lipinski definition) is 3. The molecule has 0 aromatic carbocycles. The second kappa shape index (κ2) is 7.24. The number of nitrogens with one attached hydrogen (secondary N) is 2. The minimum Gasteiger partial charge on any atom is -0.387 e. The van der Waals surface area contributed by atoms with Crippen LogP contribution in [0.5, 0.6) is 0 Å². The summed E-state index contributed by atoms with van der Waals surface area (Å²) in [7, 11) is 3.77. The van der Waals surface area contributed by atoms with E-state index < -0.39 is 5.60 Å². The van der Waals surface area contributed by atoms with Gasteiger partial charge in [-0.1, -0.05) is 0 Å². The van der Waals surface area contributed by atoms with Crippen molar-refractivity contribution < 1.29 is 9.90 Å². The second-order valence-corrected chi connectivity index (χ2v) is 7.61. The Morgan fingerprint density at radius 2 is 2.10 bits per heavy atom. The van der Waals surface area contributed by atoms with Crippen molar-refractivity contribution in [1.29, 1.82) is 0 Å². The van der Waals surface area contributed by atoms with Gasteiger partial charge in [-0.25, -0.2) is 4.79 Å². The van der Waals surface area contributed by atoms with E-state index in [-0.39, 0.29) is 18.6 Å². The number of carbonyl (C=O) groups is 1. The van der Waals surface area contributed by atoms with Crippen molar-refractivity contribution in [3.63, 3.8) is 0 Å². The van der Waals surface area contributed by atoms with E-state index in [2.05, 4.69) is 30.5 Å². The molecule has 6 heteroatoms. The van der Waals surface area contributed by atoms with Gasteiger partial charge in [0.05, 0.1) is 11.6 Å². The molecule has 0 aliphatic heterocycles. The molecule has 0 saturated carbocycles. The van der Waals surface area contributed by atoms with Gasteiger partial charge in [-0.3, -0.25) is 0 Å². The van der Waals surface area contributed by atoms with Crippen molar-refractivity contribution in [2.75, 3.05) is 27.2 Å². The van der Waals surface area contributed by atoms with E-state index in [4.69, 9.17) is 0 Å². The number of rotatable bonds is 6. The Bertz CT molecular complexity index is 483. The quantitative estimate of drug-likeness (QED) is 0.753. The lowest BCUT2D eigenvalue weighted by Crippen LogP contribution is -2.49. The molecule has 0 saturated heterocycles. The molecular formula is C15H27N3O2S. The smallest absolute Gasteiger partial charge is 0.315 e. The summed E-state index contributed by atoms with van der Waals surface area (Å²) in [4.78, 5) is 16.3. The zero-order chi connectivity index (χ0) is 16.2. The van der Waals surface area contributed by atoms with Gasteiger partial charge in [0.2, 0.25) is 0 Å². The predicted molar refractivity (Wildman–Crippen MR) is 87.9 cm³/mol. The lowest BCUT2D eigenvalue weighted by molar-refractivity contribution is 0.0359. The van der Waals surface area contributed by atoms with E-state index in [0.717, 1.165) is 5.56 Å². The third-order valence-electron chi connectivity index (χ3n) is 3.18. The first-order valence-electron chi connectivity index (χ1n) is 7.09. The average Bonchev–Trinajstić information content (AvgIpc) is 2.64. The van der Waals surface area contributed by atoms with Crippen LogP contribution in [0.25, 0.3) is 0 Å². The van der Waals surface area contributed by atoms with Gasteiger partial charge in [0.25, 0.3) is 0 Å². The number of nitrogens with zero attached hydrogens (tertiary/aromatic N) is 1. The van der Waals surface area contributed by atoms with Crippen LogP contribution >= 0.6 is 11.3 Å². The van der Waals surface area contributed by atoms with Crippen molar-refractivity contribution in [2.45, 2.75) is 39.3 Å². The van der Waals surface area contributed by atoms with Gasteiger partial charge in [-0.15, -0.1) is 11.3 Å². The van der Waals surface area contributed by atoms with Crippen LogP contribution in [0, 0.1) is 13.8 Å². The van der Waals surface area contributed by atoms with Gasteiger partial charge in [0.15, 0.2) is 0 Å². The summed E-state index contributed by atoms with van der Waals surface area (Å²) in [5.74, 6) is 0. The highest BCUT2D eigenvalue weighted by atomic mass is 32.1. The number of urea groups is 1. The predicted octanol–water partition coefficient (Wildman–Crippen LogP) is 2.04. The molecule has 1 heterocycles. The number of amides is 2. The minimum atomic E-state index is -0.945. The van der Waals surface area contributed by atoms with Gasteiger partial charge >= 0.3 is 6.03 Å². The lowest BCUT2D eigenvalue weighted by atomic mass is 10.1. The van der Waals surface area contributed by atoms with Gasteiger partial charge in [-0.2, -0.15) is 0 Å². The summed E-state index contributed by atoms with van der Waals surface area (Å²) in [6, 6.07) is 1.80. The molecule has 2 amide bonds. The number of likely N-dealkylation sites (N-methyl/N-ethyl adjacent to an activating group) is 1. The standard InChI is InChI=1S/C15H27N3O2S/c1-10-7-13(12(3)21-10)11(2)17-14(19)16-8-15(4,20)9-18(5)6/h7,11,20H,8-9H2,1-6H3,(H2,16,17,19). The summed E-state index contributed by atoms with van der Waals surface area (Å²) >= 11 is 1.73. The van der Waals surface area contributed by atoms with Crippen molar-refractivity contribution in [3.8, 4) is 0 Å². The maximum absolute atomic E-state index is 11.9. The number of aryl methyl sites for hydroxylation is 2. The Morgan fingerprint density at radius 1 is 1.48 bits per heavy atom. The van der Waals surface area contributed by atoms with E-state index in [1.165, 1.54) is 9.75 Å². The van der Waals surface area contributed by atoms with Crippen LogP contribution in [0.15, 0.2) is 6.07 Å². The summed E-state index contributed by atoms with van der Waals surface area (Å²) in [6.07, 6.45) is 0. The van der Waals surface area contributed by atoms with Crippen LogP contribution in [0.4, 0.5) is 4.79 Å². The Kier molecular flexibility index (Phi) is 6.19. The van der Waals surface area contributed by atoms with E-state index in [1.807, 2.05) is 25.9 Å². The summed E-state index contributed by atoms with van der Waals surface area (Å²) in [6.45, 7) is 8.50. The first-order chi connectivity index (χ1) is 9.60. The lowest BCUT2D eigenvalue weighted by Gasteiger charge is -2.27. The summed E-state index contributed by atoms with van der Waals surface area (Å²) in [5.41, 5.74) is 0.201. The van der Waals surface area contributed by atoms with Crippen LogP contribution in [0.2, 0.25) is 0 Å². The third kappa shape index (κ3) is 6.03. The summed E-state index contributed by atoms with van der Waals surface area (Å²) < 4.78 is 0. The molecule has 0 radical (unpaired) electrons. The highest BCUT2D eigenvalue weighted by Crippen LogP contribution is 2.25. The van der Waals surface area contributed by atoms with Crippen molar-refractivity contribution in [2.24, 2.45) is 0 Å². The molecule has 1 aromatic rings.